The van der Waals surface area contributed by atoms with Gasteiger partial charge in [0, 0.05) is 12.3 Å². The van der Waals surface area contributed by atoms with Crippen LogP contribution in [0.2, 0.25) is 5.15 Å². The minimum absolute atomic E-state index is 0.0276. The molecule has 2 fully saturated rings. The van der Waals surface area contributed by atoms with Gasteiger partial charge in [0.2, 0.25) is 5.88 Å². The highest BCUT2D eigenvalue weighted by Crippen LogP contribution is 2.50. The lowest BCUT2D eigenvalue weighted by molar-refractivity contribution is 0.0696. The van der Waals surface area contributed by atoms with Crippen LogP contribution in [-0.2, 0) is 0 Å². The molecule has 6 nitrogen and oxygen atoms in total. The third-order valence-corrected chi connectivity index (χ3v) is 5.31. The van der Waals surface area contributed by atoms with Crippen LogP contribution in [0.15, 0.2) is 24.4 Å². The minimum Gasteiger partial charge on any atom is -0.478 e. The van der Waals surface area contributed by atoms with Gasteiger partial charge in [-0.1, -0.05) is 11.6 Å². The molecule has 2 aromatic rings. The molecule has 0 bridgehead atoms. The van der Waals surface area contributed by atoms with Crippen LogP contribution in [0.1, 0.15) is 42.5 Å². The van der Waals surface area contributed by atoms with Crippen LogP contribution in [0.25, 0.3) is 5.82 Å². The van der Waals surface area contributed by atoms with Crippen molar-refractivity contribution in [3.05, 3.63) is 35.1 Å². The SMILES string of the molecule is O=C(O)c1ccc(-n2ccc(OCCC(C3CC3)C3CC3)n2)nc1Cl. The van der Waals surface area contributed by atoms with E-state index >= 15 is 0 Å². The second-order valence-corrected chi connectivity index (χ2v) is 7.25. The van der Waals surface area contributed by atoms with Gasteiger partial charge in [-0.3, -0.25) is 0 Å². The van der Waals surface area contributed by atoms with E-state index in [1.807, 2.05) is 0 Å². The van der Waals surface area contributed by atoms with Crippen LogP contribution in [0, 0.1) is 17.8 Å². The molecule has 2 aliphatic carbocycles. The van der Waals surface area contributed by atoms with Crippen LogP contribution < -0.4 is 4.74 Å². The second-order valence-electron chi connectivity index (χ2n) is 6.89. The van der Waals surface area contributed by atoms with E-state index in [1.165, 1.54) is 36.4 Å². The lowest BCUT2D eigenvalue weighted by Gasteiger charge is -2.14. The van der Waals surface area contributed by atoms with Crippen molar-refractivity contribution >= 4 is 17.6 Å². The molecule has 0 spiro atoms. The van der Waals surface area contributed by atoms with Crippen LogP contribution >= 0.6 is 11.6 Å². The number of rotatable bonds is 8. The third-order valence-electron chi connectivity index (χ3n) is 5.02. The van der Waals surface area contributed by atoms with Crippen LogP contribution in [0.4, 0.5) is 0 Å². The standard InChI is InChI=1S/C18H20ClN3O3/c19-17-14(18(23)24)5-6-15(20-17)22-9-7-16(21-22)25-10-8-13(11-1-2-11)12-3-4-12/h5-7,9,11-13H,1-4,8,10H2,(H,23,24). The number of nitrogens with zero attached hydrogens (tertiary/aromatic N) is 3. The lowest BCUT2D eigenvalue weighted by Crippen LogP contribution is -2.11. The molecule has 7 heteroatoms. The van der Waals surface area contributed by atoms with Crippen molar-refractivity contribution in [2.75, 3.05) is 6.61 Å². The highest BCUT2D eigenvalue weighted by atomic mass is 35.5. The third kappa shape index (κ3) is 3.79. The fourth-order valence-electron chi connectivity index (χ4n) is 3.43. The van der Waals surface area contributed by atoms with E-state index < -0.39 is 5.97 Å². The summed E-state index contributed by atoms with van der Waals surface area (Å²) in [7, 11) is 0. The summed E-state index contributed by atoms with van der Waals surface area (Å²) in [6.07, 6.45) is 8.36. The molecule has 1 N–H and O–H groups in total. The molecule has 2 heterocycles. The van der Waals surface area contributed by atoms with Crippen LogP contribution in [0.5, 0.6) is 5.88 Å². The van der Waals surface area contributed by atoms with Gasteiger partial charge in [0.1, 0.15) is 5.15 Å². The Hall–Kier alpha value is -2.08. The Morgan fingerprint density at radius 1 is 1.28 bits per heavy atom. The van der Waals surface area contributed by atoms with E-state index in [-0.39, 0.29) is 10.7 Å². The molecule has 25 heavy (non-hydrogen) atoms. The first-order valence-electron chi connectivity index (χ1n) is 8.70. The predicted molar refractivity (Wildman–Crippen MR) is 92.4 cm³/mol. The van der Waals surface area contributed by atoms with Crippen molar-refractivity contribution in [2.24, 2.45) is 17.8 Å². The zero-order chi connectivity index (χ0) is 17.4. The molecule has 0 atom stereocenters. The molecule has 2 aliphatic rings. The van der Waals surface area contributed by atoms with Gasteiger partial charge in [0.05, 0.1) is 12.2 Å². The highest BCUT2D eigenvalue weighted by Gasteiger charge is 2.40. The molecule has 0 unspecified atom stereocenters. The number of aromatic carboxylic acids is 1. The van der Waals surface area contributed by atoms with Crippen molar-refractivity contribution in [3.63, 3.8) is 0 Å². The largest absolute Gasteiger partial charge is 0.478 e. The van der Waals surface area contributed by atoms with Crippen molar-refractivity contribution < 1.29 is 14.6 Å². The lowest BCUT2D eigenvalue weighted by atomic mass is 9.95. The fraction of sp³-hybridized carbons (Fsp3) is 0.500. The summed E-state index contributed by atoms with van der Waals surface area (Å²) < 4.78 is 7.33. The quantitative estimate of drug-likeness (QED) is 0.723. The Labute approximate surface area is 150 Å². The van der Waals surface area contributed by atoms with Crippen molar-refractivity contribution in [3.8, 4) is 11.7 Å². The summed E-state index contributed by atoms with van der Waals surface area (Å²) in [6, 6.07) is 4.78. The molecular weight excluding hydrogens is 342 g/mol. The van der Waals surface area contributed by atoms with E-state index in [0.29, 0.717) is 18.3 Å². The van der Waals surface area contributed by atoms with Gasteiger partial charge < -0.3 is 9.84 Å². The first kappa shape index (κ1) is 16.4. The van der Waals surface area contributed by atoms with Gasteiger partial charge in [0.25, 0.3) is 0 Å². The zero-order valence-electron chi connectivity index (χ0n) is 13.8. The summed E-state index contributed by atoms with van der Waals surface area (Å²) in [4.78, 5) is 15.1. The summed E-state index contributed by atoms with van der Waals surface area (Å²) in [5.41, 5.74) is -0.0276. The first-order chi connectivity index (χ1) is 12.1. The number of hydrogen-bond acceptors (Lipinski definition) is 4. The Balaban J connectivity index is 1.36. The topological polar surface area (TPSA) is 77.2 Å². The predicted octanol–water partition coefficient (Wildman–Crippen LogP) is 3.82. The van der Waals surface area contributed by atoms with Gasteiger partial charge in [-0.05, 0) is 62.0 Å². The maximum Gasteiger partial charge on any atom is 0.338 e. The van der Waals surface area contributed by atoms with Gasteiger partial charge >= 0.3 is 5.97 Å². The van der Waals surface area contributed by atoms with Crippen molar-refractivity contribution in [1.82, 2.24) is 14.8 Å². The molecule has 2 saturated carbocycles. The summed E-state index contributed by atoms with van der Waals surface area (Å²) >= 11 is 5.91. The zero-order valence-corrected chi connectivity index (χ0v) is 14.5. The monoisotopic (exact) mass is 361 g/mol. The Morgan fingerprint density at radius 3 is 2.60 bits per heavy atom. The first-order valence-corrected chi connectivity index (χ1v) is 9.08. The molecular formula is C18H20ClN3O3. The van der Waals surface area contributed by atoms with Crippen molar-refractivity contribution in [2.45, 2.75) is 32.1 Å². The second kappa shape index (κ2) is 6.67. The van der Waals surface area contributed by atoms with Crippen LogP contribution in [0.3, 0.4) is 0 Å². The Kier molecular flexibility index (Phi) is 4.37. The molecule has 0 aromatic carbocycles. The number of pyridine rings is 1. The smallest absolute Gasteiger partial charge is 0.338 e. The molecule has 4 rings (SSSR count). The summed E-state index contributed by atoms with van der Waals surface area (Å²) in [6.45, 7) is 0.681. The summed E-state index contributed by atoms with van der Waals surface area (Å²) in [5, 5.41) is 13.3. The number of ether oxygens (including phenoxy) is 1. The molecule has 0 amide bonds. The van der Waals surface area contributed by atoms with Crippen LogP contribution in [-0.4, -0.2) is 32.4 Å². The molecule has 0 aliphatic heterocycles. The number of halogens is 1. The van der Waals surface area contributed by atoms with E-state index in [0.717, 1.165) is 24.2 Å². The Morgan fingerprint density at radius 2 is 2.00 bits per heavy atom. The fourth-order valence-corrected chi connectivity index (χ4v) is 3.66. The maximum atomic E-state index is 11.0. The van der Waals surface area contributed by atoms with Crippen molar-refractivity contribution in [1.29, 1.82) is 0 Å². The Bertz CT molecular complexity index is 772. The maximum absolute atomic E-state index is 11.0. The van der Waals surface area contributed by atoms with E-state index in [4.69, 9.17) is 21.4 Å². The van der Waals surface area contributed by atoms with E-state index in [9.17, 15) is 4.79 Å². The highest BCUT2D eigenvalue weighted by molar-refractivity contribution is 6.32. The summed E-state index contributed by atoms with van der Waals surface area (Å²) in [5.74, 6) is 2.57. The number of hydrogen-bond donors (Lipinski definition) is 1. The average molecular weight is 362 g/mol. The number of aromatic nitrogens is 3. The number of carboxylic acid groups (broad SMARTS) is 1. The van der Waals surface area contributed by atoms with Gasteiger partial charge in [-0.2, -0.15) is 0 Å². The number of carbonyl (C=O) groups is 1. The minimum atomic E-state index is -1.10. The van der Waals surface area contributed by atoms with Gasteiger partial charge in [-0.25, -0.2) is 14.5 Å². The normalized spacial score (nSPS) is 17.0. The molecule has 2 aromatic heterocycles. The van der Waals surface area contributed by atoms with Gasteiger partial charge in [-0.15, -0.1) is 5.10 Å². The molecule has 132 valence electrons. The molecule has 0 radical (unpaired) electrons. The van der Waals surface area contributed by atoms with Gasteiger partial charge in [0.15, 0.2) is 5.82 Å². The van der Waals surface area contributed by atoms with E-state index in [2.05, 4.69) is 10.1 Å². The van der Waals surface area contributed by atoms with E-state index in [1.54, 1.807) is 18.3 Å². The molecule has 0 saturated heterocycles. The number of carboxylic acids is 1. The average Bonchev–Trinajstić information content (AvgIpc) is 3.51.